The van der Waals surface area contributed by atoms with Gasteiger partial charge in [0, 0.05) is 16.4 Å². The monoisotopic (exact) mass is 413 g/mol. The molecule has 1 saturated heterocycles. The lowest BCUT2D eigenvalue weighted by molar-refractivity contribution is 0.432. The molecule has 1 aliphatic rings. The first-order valence-electron chi connectivity index (χ1n) is 7.95. The van der Waals surface area contributed by atoms with E-state index >= 15 is 0 Å². The molecule has 126 valence electrons. The lowest BCUT2D eigenvalue weighted by Crippen LogP contribution is -2.29. The fraction of sp³-hybridized carbons (Fsp3) is 0.158. The number of halogens is 1. The highest BCUT2D eigenvalue weighted by Crippen LogP contribution is 2.42. The highest BCUT2D eigenvalue weighted by Gasteiger charge is 2.42. The van der Waals surface area contributed by atoms with Crippen LogP contribution in [0.2, 0.25) is 0 Å². The van der Waals surface area contributed by atoms with Crippen molar-refractivity contribution in [2.75, 3.05) is 4.90 Å². The van der Waals surface area contributed by atoms with Crippen molar-refractivity contribution in [3.8, 4) is 0 Å². The second-order valence-electron chi connectivity index (χ2n) is 5.95. The zero-order valence-electron chi connectivity index (χ0n) is 13.5. The van der Waals surface area contributed by atoms with Gasteiger partial charge in [0.1, 0.15) is 11.8 Å². The van der Waals surface area contributed by atoms with Gasteiger partial charge in [-0.2, -0.15) is 0 Å². The van der Waals surface area contributed by atoms with Crippen molar-refractivity contribution in [3.05, 3.63) is 82.5 Å². The number of rotatable bonds is 3. The van der Waals surface area contributed by atoms with Crippen LogP contribution in [0.25, 0.3) is 0 Å². The lowest BCUT2D eigenvalue weighted by atomic mass is 10.0. The molecule has 0 unspecified atom stereocenters. The van der Waals surface area contributed by atoms with Crippen LogP contribution in [0.3, 0.4) is 0 Å². The Morgan fingerprint density at radius 2 is 2.08 bits per heavy atom. The molecule has 1 aromatic carbocycles. The quantitative estimate of drug-likeness (QED) is 0.616. The van der Waals surface area contributed by atoms with E-state index in [9.17, 15) is 0 Å². The van der Waals surface area contributed by atoms with Gasteiger partial charge in [0.15, 0.2) is 5.11 Å². The second-order valence-corrected chi connectivity index (χ2v) is 7.19. The van der Waals surface area contributed by atoms with Gasteiger partial charge in [-0.1, -0.05) is 22.0 Å². The van der Waals surface area contributed by atoms with Crippen molar-refractivity contribution < 1.29 is 4.42 Å². The zero-order chi connectivity index (χ0) is 17.4. The van der Waals surface area contributed by atoms with Crippen LogP contribution in [0, 0.1) is 6.92 Å². The topological polar surface area (TPSA) is 41.3 Å². The minimum atomic E-state index is -0.0991. The van der Waals surface area contributed by atoms with Crippen LogP contribution < -0.4 is 10.2 Å². The maximum absolute atomic E-state index is 5.74. The summed E-state index contributed by atoms with van der Waals surface area (Å²) in [5, 5.41) is 4.08. The molecule has 2 atom stereocenters. The third-order valence-electron chi connectivity index (χ3n) is 4.35. The molecule has 4 nitrogen and oxygen atoms in total. The Kier molecular flexibility index (Phi) is 4.31. The second kappa shape index (κ2) is 6.61. The zero-order valence-corrected chi connectivity index (χ0v) is 15.9. The summed E-state index contributed by atoms with van der Waals surface area (Å²) in [6.45, 7) is 2.07. The van der Waals surface area contributed by atoms with Crippen LogP contribution in [-0.4, -0.2) is 10.1 Å². The SMILES string of the molecule is Cc1cc(N2C(=S)N[C@H](c3ccccn3)[C@@H]2c2ccco2)ccc1Br. The van der Waals surface area contributed by atoms with Crippen LogP contribution in [-0.2, 0) is 0 Å². The molecule has 0 saturated carbocycles. The van der Waals surface area contributed by atoms with Gasteiger partial charge in [-0.05, 0) is 67.2 Å². The average Bonchev–Trinajstić information content (AvgIpc) is 3.25. The van der Waals surface area contributed by atoms with Gasteiger partial charge < -0.3 is 14.6 Å². The Bertz CT molecular complexity index is 898. The smallest absolute Gasteiger partial charge is 0.174 e. The predicted octanol–water partition coefficient (Wildman–Crippen LogP) is 4.92. The molecule has 2 aromatic heterocycles. The summed E-state index contributed by atoms with van der Waals surface area (Å²) in [4.78, 5) is 6.62. The highest BCUT2D eigenvalue weighted by molar-refractivity contribution is 9.10. The van der Waals surface area contributed by atoms with E-state index in [0.29, 0.717) is 5.11 Å². The molecule has 6 heteroatoms. The molecule has 1 N–H and O–H groups in total. The number of anilines is 1. The highest BCUT2D eigenvalue weighted by atomic mass is 79.9. The normalized spacial score (nSPS) is 19.9. The molecule has 4 rings (SSSR count). The lowest BCUT2D eigenvalue weighted by Gasteiger charge is -2.26. The number of benzene rings is 1. The third-order valence-corrected chi connectivity index (χ3v) is 5.56. The van der Waals surface area contributed by atoms with E-state index in [-0.39, 0.29) is 12.1 Å². The molecule has 3 aromatic rings. The van der Waals surface area contributed by atoms with E-state index in [2.05, 4.69) is 50.2 Å². The summed E-state index contributed by atoms with van der Waals surface area (Å²) in [5.74, 6) is 0.851. The van der Waals surface area contributed by atoms with Gasteiger partial charge in [-0.25, -0.2) is 0 Å². The minimum absolute atomic E-state index is 0.0798. The van der Waals surface area contributed by atoms with Gasteiger partial charge in [-0.15, -0.1) is 0 Å². The number of nitrogens with zero attached hydrogens (tertiary/aromatic N) is 2. The molecule has 0 aliphatic carbocycles. The summed E-state index contributed by atoms with van der Waals surface area (Å²) in [6.07, 6.45) is 3.49. The number of pyridine rings is 1. The molecule has 1 fully saturated rings. The fourth-order valence-corrected chi connectivity index (χ4v) is 3.75. The number of aromatic nitrogens is 1. The summed E-state index contributed by atoms with van der Waals surface area (Å²) in [7, 11) is 0. The Hall–Kier alpha value is -2.18. The van der Waals surface area contributed by atoms with Gasteiger partial charge in [0.25, 0.3) is 0 Å². The maximum atomic E-state index is 5.74. The van der Waals surface area contributed by atoms with Gasteiger partial charge in [0.05, 0.1) is 18.0 Å². The van der Waals surface area contributed by atoms with Crippen LogP contribution in [0.5, 0.6) is 0 Å². The minimum Gasteiger partial charge on any atom is -0.467 e. The van der Waals surface area contributed by atoms with Crippen molar-refractivity contribution >= 4 is 38.9 Å². The summed E-state index contributed by atoms with van der Waals surface area (Å²) >= 11 is 9.22. The maximum Gasteiger partial charge on any atom is 0.174 e. The van der Waals surface area contributed by atoms with E-state index in [0.717, 1.165) is 27.2 Å². The standard InChI is InChI=1S/C19H16BrN3OS/c1-12-11-13(7-8-14(12)20)23-18(16-6-4-10-24-16)17(22-19(23)25)15-5-2-3-9-21-15/h2-11,17-18H,1H3,(H,22,25)/t17-,18+/m1/s1. The van der Waals surface area contributed by atoms with Crippen molar-refractivity contribution in [1.29, 1.82) is 0 Å². The van der Waals surface area contributed by atoms with Gasteiger partial charge in [-0.3, -0.25) is 4.98 Å². The number of aryl methyl sites for hydroxylation is 1. The first kappa shape index (κ1) is 16.3. The number of nitrogens with one attached hydrogen (secondary N) is 1. The molecule has 3 heterocycles. The fourth-order valence-electron chi connectivity index (χ4n) is 3.16. The van der Waals surface area contributed by atoms with Gasteiger partial charge in [0.2, 0.25) is 0 Å². The van der Waals surface area contributed by atoms with Crippen molar-refractivity contribution in [2.24, 2.45) is 0 Å². The molecule has 0 amide bonds. The van der Waals surface area contributed by atoms with Gasteiger partial charge >= 0.3 is 0 Å². The van der Waals surface area contributed by atoms with Crippen LogP contribution >= 0.6 is 28.1 Å². The molecule has 0 radical (unpaired) electrons. The van der Waals surface area contributed by atoms with E-state index < -0.39 is 0 Å². The summed E-state index contributed by atoms with van der Waals surface area (Å²) < 4.78 is 6.82. The number of furan rings is 1. The number of hydrogen-bond acceptors (Lipinski definition) is 3. The van der Waals surface area contributed by atoms with E-state index in [4.69, 9.17) is 16.6 Å². The predicted molar refractivity (Wildman–Crippen MR) is 106 cm³/mol. The van der Waals surface area contributed by atoms with Crippen LogP contribution in [0.1, 0.15) is 29.1 Å². The van der Waals surface area contributed by atoms with E-state index in [1.807, 2.05) is 36.4 Å². The third kappa shape index (κ3) is 2.96. The van der Waals surface area contributed by atoms with Crippen molar-refractivity contribution in [2.45, 2.75) is 19.0 Å². The first-order chi connectivity index (χ1) is 12.1. The van der Waals surface area contributed by atoms with Crippen molar-refractivity contribution in [3.63, 3.8) is 0 Å². The Labute approximate surface area is 160 Å². The van der Waals surface area contributed by atoms with Crippen LogP contribution in [0.4, 0.5) is 5.69 Å². The molecule has 0 spiro atoms. The molecular weight excluding hydrogens is 398 g/mol. The molecule has 0 bridgehead atoms. The Morgan fingerprint density at radius 3 is 2.76 bits per heavy atom. The van der Waals surface area contributed by atoms with Crippen LogP contribution in [0.15, 0.2) is 69.9 Å². The molecular formula is C19H16BrN3OS. The summed E-state index contributed by atoms with van der Waals surface area (Å²) in [6, 6.07) is 15.8. The van der Waals surface area contributed by atoms with Crippen molar-refractivity contribution in [1.82, 2.24) is 10.3 Å². The Morgan fingerprint density at radius 1 is 1.20 bits per heavy atom. The number of hydrogen-bond donors (Lipinski definition) is 1. The number of thiocarbonyl (C=S) groups is 1. The van der Waals surface area contributed by atoms with E-state index in [1.165, 1.54) is 0 Å². The molecule has 25 heavy (non-hydrogen) atoms. The Balaban J connectivity index is 1.82. The molecule has 1 aliphatic heterocycles. The largest absolute Gasteiger partial charge is 0.467 e. The van der Waals surface area contributed by atoms with E-state index in [1.54, 1.807) is 12.5 Å². The first-order valence-corrected chi connectivity index (χ1v) is 9.15. The average molecular weight is 414 g/mol. The summed E-state index contributed by atoms with van der Waals surface area (Å²) in [5.41, 5.74) is 3.11.